The zero-order valence-electron chi connectivity index (χ0n) is 22.3. The number of carbonyl (C=O) groups excluding carboxylic acids is 1. The van der Waals surface area contributed by atoms with Gasteiger partial charge in [-0.05, 0) is 48.7 Å². The molecule has 1 amide bonds. The Kier molecular flexibility index (Phi) is 9.31. The molecule has 5 rings (SSSR count). The third-order valence-electron chi connectivity index (χ3n) is 7.12. The first-order valence-electron chi connectivity index (χ1n) is 13.7. The highest BCUT2D eigenvalue weighted by Crippen LogP contribution is 2.45. The van der Waals surface area contributed by atoms with Crippen molar-refractivity contribution in [1.82, 2.24) is 10.4 Å². The van der Waals surface area contributed by atoms with Crippen LogP contribution in [0, 0.1) is 0 Å². The average molecular weight is 605 g/mol. The average Bonchev–Trinajstić information content (AvgIpc) is 3.63. The van der Waals surface area contributed by atoms with E-state index in [2.05, 4.69) is 21.4 Å². The largest absolute Gasteiger partial charge is 0.494 e. The van der Waals surface area contributed by atoms with Crippen molar-refractivity contribution in [2.75, 3.05) is 26.3 Å². The van der Waals surface area contributed by atoms with Gasteiger partial charge < -0.3 is 14.6 Å². The Labute approximate surface area is 243 Å². The fraction of sp³-hybridized carbons (Fsp3) is 0.312. The number of nitrogens with one attached hydrogen (secondary N) is 1. The van der Waals surface area contributed by atoms with Gasteiger partial charge in [0.25, 0.3) is 5.91 Å². The molecule has 2 N–H and O–H groups in total. The molecule has 1 fully saturated rings. The zero-order valence-corrected chi connectivity index (χ0v) is 23.9. The van der Waals surface area contributed by atoms with E-state index in [0.29, 0.717) is 31.1 Å². The van der Waals surface area contributed by atoms with Crippen molar-refractivity contribution in [3.63, 3.8) is 0 Å². The summed E-state index contributed by atoms with van der Waals surface area (Å²) >= 11 is 3.69. The maximum atomic E-state index is 14.2. The van der Waals surface area contributed by atoms with Crippen LogP contribution in [0.4, 0.5) is 0 Å². The molecule has 2 aliphatic rings. The van der Waals surface area contributed by atoms with Gasteiger partial charge in [-0.15, -0.1) is 0 Å². The van der Waals surface area contributed by atoms with E-state index in [4.69, 9.17) is 19.6 Å². The lowest BCUT2D eigenvalue weighted by atomic mass is 9.84. The molecule has 2 heterocycles. The van der Waals surface area contributed by atoms with E-state index in [9.17, 15) is 4.79 Å². The number of hydrogen-bond acceptors (Lipinski definition) is 6. The van der Waals surface area contributed by atoms with E-state index in [-0.39, 0.29) is 12.5 Å². The Morgan fingerprint density at radius 1 is 1.07 bits per heavy atom. The molecule has 0 saturated carbocycles. The van der Waals surface area contributed by atoms with Crippen molar-refractivity contribution in [2.45, 2.75) is 37.3 Å². The second kappa shape index (κ2) is 13.3. The fourth-order valence-corrected chi connectivity index (χ4v) is 5.48. The molecule has 7 nitrogen and oxygen atoms in total. The number of nitrogens with zero attached hydrogens (tertiary/aromatic N) is 2. The first-order chi connectivity index (χ1) is 19.6. The third-order valence-corrected chi connectivity index (χ3v) is 7.84. The number of aliphatic imine (C=N–C) groups is 1. The molecule has 2 aliphatic heterocycles. The second-order valence-corrected chi connectivity index (χ2v) is 10.8. The van der Waals surface area contributed by atoms with Crippen LogP contribution in [0.15, 0.2) is 94.4 Å². The van der Waals surface area contributed by atoms with E-state index < -0.39 is 11.6 Å². The lowest BCUT2D eigenvalue weighted by Crippen LogP contribution is -2.53. The summed E-state index contributed by atoms with van der Waals surface area (Å²) in [6, 6.07) is 25.3. The van der Waals surface area contributed by atoms with Gasteiger partial charge in [-0.25, -0.2) is 10.0 Å². The highest BCUT2D eigenvalue weighted by molar-refractivity contribution is 9.10. The Hall–Kier alpha value is -3.46. The maximum absolute atomic E-state index is 14.2. The standard InChI is InChI=1S/C32H34BrN3O4/c33-28-14-5-4-13-27(28)29-32(31(38)35-36-20-6-7-21-36,19-8-12-24-10-2-1-3-11-24)34-30(40-29)25-15-17-26(18-16-25)39-23-9-22-37/h1-5,8,10-18,29,37H,6-7,9,19-23H2,(H,35,38)/b12-8+/t29-,32-/m0/s1. The number of amides is 1. The summed E-state index contributed by atoms with van der Waals surface area (Å²) < 4.78 is 13.1. The van der Waals surface area contributed by atoms with E-state index in [0.717, 1.165) is 47.1 Å². The van der Waals surface area contributed by atoms with Crippen LogP contribution < -0.4 is 10.2 Å². The smallest absolute Gasteiger partial charge is 0.266 e. The van der Waals surface area contributed by atoms with Crippen molar-refractivity contribution in [3.05, 3.63) is 106 Å². The first kappa shape index (κ1) is 28.1. The van der Waals surface area contributed by atoms with Gasteiger partial charge >= 0.3 is 0 Å². The molecule has 0 aromatic heterocycles. The van der Waals surface area contributed by atoms with E-state index in [1.54, 1.807) is 0 Å². The molecule has 2 atom stereocenters. The van der Waals surface area contributed by atoms with Crippen LogP contribution in [0.5, 0.6) is 5.75 Å². The van der Waals surface area contributed by atoms with E-state index in [1.165, 1.54) is 0 Å². The summed E-state index contributed by atoms with van der Waals surface area (Å²) in [7, 11) is 0. The minimum atomic E-state index is -1.23. The van der Waals surface area contributed by atoms with Crippen molar-refractivity contribution in [2.24, 2.45) is 4.99 Å². The Balaban J connectivity index is 1.53. The van der Waals surface area contributed by atoms with Crippen LogP contribution in [-0.2, 0) is 9.53 Å². The summed E-state index contributed by atoms with van der Waals surface area (Å²) in [4.78, 5) is 19.3. The minimum Gasteiger partial charge on any atom is -0.494 e. The van der Waals surface area contributed by atoms with Gasteiger partial charge in [0, 0.05) is 48.1 Å². The molecule has 40 heavy (non-hydrogen) atoms. The van der Waals surface area contributed by atoms with E-state index in [1.807, 2.05) is 96.0 Å². The molecule has 3 aromatic rings. The quantitative estimate of drug-likeness (QED) is 0.275. The van der Waals surface area contributed by atoms with Crippen LogP contribution >= 0.6 is 15.9 Å². The molecule has 1 saturated heterocycles. The van der Waals surface area contributed by atoms with Gasteiger partial charge in [-0.1, -0.05) is 76.6 Å². The molecule has 0 unspecified atom stereocenters. The summed E-state index contributed by atoms with van der Waals surface area (Å²) in [6.07, 6.45) is 6.39. The van der Waals surface area contributed by atoms with Gasteiger partial charge in [0.15, 0.2) is 11.6 Å². The molecule has 0 bridgehead atoms. The highest BCUT2D eigenvalue weighted by Gasteiger charge is 2.53. The second-order valence-electron chi connectivity index (χ2n) is 9.96. The van der Waals surface area contributed by atoms with Crippen LogP contribution in [0.3, 0.4) is 0 Å². The molecule has 0 radical (unpaired) electrons. The monoisotopic (exact) mass is 603 g/mol. The summed E-state index contributed by atoms with van der Waals surface area (Å²) in [5, 5.41) is 11.0. The first-order valence-corrected chi connectivity index (χ1v) is 14.5. The molecule has 0 spiro atoms. The number of hydrazine groups is 1. The topological polar surface area (TPSA) is 83.4 Å². The van der Waals surface area contributed by atoms with E-state index >= 15 is 0 Å². The normalized spacial score (nSPS) is 20.9. The van der Waals surface area contributed by atoms with Crippen molar-refractivity contribution < 1.29 is 19.4 Å². The predicted molar refractivity (Wildman–Crippen MR) is 160 cm³/mol. The van der Waals surface area contributed by atoms with Gasteiger partial charge in [-0.3, -0.25) is 10.2 Å². The lowest BCUT2D eigenvalue weighted by molar-refractivity contribution is -0.133. The van der Waals surface area contributed by atoms with Crippen molar-refractivity contribution >= 4 is 33.8 Å². The van der Waals surface area contributed by atoms with Gasteiger partial charge in [0.2, 0.25) is 5.90 Å². The minimum absolute atomic E-state index is 0.0828. The predicted octanol–water partition coefficient (Wildman–Crippen LogP) is 5.70. The van der Waals surface area contributed by atoms with Gasteiger partial charge in [0.1, 0.15) is 5.75 Å². The Morgan fingerprint density at radius 2 is 1.80 bits per heavy atom. The van der Waals surface area contributed by atoms with Crippen molar-refractivity contribution in [1.29, 1.82) is 0 Å². The summed E-state index contributed by atoms with van der Waals surface area (Å²) in [5.74, 6) is 0.918. The highest BCUT2D eigenvalue weighted by atomic mass is 79.9. The maximum Gasteiger partial charge on any atom is 0.266 e. The molecular weight excluding hydrogens is 570 g/mol. The molecule has 3 aromatic carbocycles. The van der Waals surface area contributed by atoms with Gasteiger partial charge in [-0.2, -0.15) is 0 Å². The van der Waals surface area contributed by atoms with Crippen LogP contribution in [-0.4, -0.2) is 53.8 Å². The number of carbonyl (C=O) groups is 1. The summed E-state index contributed by atoms with van der Waals surface area (Å²) in [6.45, 7) is 2.15. The molecule has 8 heteroatoms. The SMILES string of the molecule is O=C(NN1CCCC1)[C@@]1(C/C=C/c2ccccc2)N=C(c2ccc(OCCCO)cc2)O[C@H]1c1ccccc1Br. The number of aliphatic hydroxyl groups is 1. The lowest BCUT2D eigenvalue weighted by Gasteiger charge is -2.32. The fourth-order valence-electron chi connectivity index (χ4n) is 4.99. The van der Waals surface area contributed by atoms with Crippen molar-refractivity contribution in [3.8, 4) is 5.75 Å². The van der Waals surface area contributed by atoms with Crippen LogP contribution in [0.2, 0.25) is 0 Å². The number of ether oxygens (including phenoxy) is 2. The zero-order chi connectivity index (χ0) is 27.8. The Bertz CT molecular complexity index is 1340. The number of hydrogen-bond donors (Lipinski definition) is 2. The number of halogens is 1. The molecule has 0 aliphatic carbocycles. The number of benzene rings is 3. The van der Waals surface area contributed by atoms with Crippen LogP contribution in [0.1, 0.15) is 48.5 Å². The van der Waals surface area contributed by atoms with Crippen LogP contribution in [0.25, 0.3) is 6.08 Å². The summed E-state index contributed by atoms with van der Waals surface area (Å²) in [5.41, 5.74) is 4.59. The Morgan fingerprint density at radius 3 is 2.52 bits per heavy atom. The number of rotatable bonds is 11. The van der Waals surface area contributed by atoms with Gasteiger partial charge in [0.05, 0.1) is 6.61 Å². The number of aliphatic hydroxyl groups excluding tert-OH is 1. The molecular formula is C32H34BrN3O4. The third kappa shape index (κ3) is 6.46. The molecule has 208 valence electrons.